The molecule has 0 radical (unpaired) electrons. The van der Waals surface area contributed by atoms with Crippen LogP contribution in [0.15, 0.2) is 12.3 Å². The SMILES string of the molecule is CCOC(=O)c1cnc(C(F)F)cc1C(F)(F)F. The normalized spacial score (nSPS) is 11.7. The fourth-order valence-electron chi connectivity index (χ4n) is 1.20. The van der Waals surface area contributed by atoms with Gasteiger partial charge in [-0.2, -0.15) is 13.2 Å². The van der Waals surface area contributed by atoms with Crippen molar-refractivity contribution in [2.24, 2.45) is 0 Å². The molecule has 0 saturated heterocycles. The number of carbonyl (C=O) groups excluding carboxylic acids is 1. The van der Waals surface area contributed by atoms with Crippen LogP contribution < -0.4 is 0 Å². The molecule has 0 aliphatic heterocycles. The van der Waals surface area contributed by atoms with Crippen molar-refractivity contribution in [1.82, 2.24) is 4.98 Å². The zero-order chi connectivity index (χ0) is 13.9. The van der Waals surface area contributed by atoms with Gasteiger partial charge >= 0.3 is 12.1 Å². The number of hydrogen-bond donors (Lipinski definition) is 0. The Morgan fingerprint density at radius 1 is 1.44 bits per heavy atom. The van der Waals surface area contributed by atoms with Crippen molar-refractivity contribution in [2.45, 2.75) is 19.5 Å². The monoisotopic (exact) mass is 269 g/mol. The fourth-order valence-corrected chi connectivity index (χ4v) is 1.20. The molecule has 1 heterocycles. The lowest BCUT2D eigenvalue weighted by atomic mass is 10.1. The summed E-state index contributed by atoms with van der Waals surface area (Å²) in [6.07, 6.45) is -7.64. The molecule has 0 saturated carbocycles. The molecule has 0 fully saturated rings. The average molecular weight is 269 g/mol. The molecular weight excluding hydrogens is 261 g/mol. The molecule has 0 aliphatic carbocycles. The Balaban J connectivity index is 3.30. The van der Waals surface area contributed by atoms with Gasteiger partial charge in [0.25, 0.3) is 6.43 Å². The van der Waals surface area contributed by atoms with E-state index in [4.69, 9.17) is 0 Å². The summed E-state index contributed by atoms with van der Waals surface area (Å²) < 4.78 is 66.8. The van der Waals surface area contributed by atoms with E-state index < -0.39 is 35.4 Å². The van der Waals surface area contributed by atoms with Crippen LogP contribution >= 0.6 is 0 Å². The zero-order valence-electron chi connectivity index (χ0n) is 9.09. The minimum absolute atomic E-state index is 0.132. The molecule has 8 heteroatoms. The second kappa shape index (κ2) is 5.28. The Kier molecular flexibility index (Phi) is 4.20. The first-order chi connectivity index (χ1) is 8.27. The van der Waals surface area contributed by atoms with Crippen molar-refractivity contribution in [3.05, 3.63) is 29.1 Å². The third kappa shape index (κ3) is 3.14. The maximum atomic E-state index is 12.6. The van der Waals surface area contributed by atoms with E-state index in [9.17, 15) is 26.7 Å². The van der Waals surface area contributed by atoms with E-state index in [-0.39, 0.29) is 12.7 Å². The largest absolute Gasteiger partial charge is 0.462 e. The summed E-state index contributed by atoms with van der Waals surface area (Å²) in [6.45, 7) is 1.28. The number of nitrogens with zero attached hydrogens (tertiary/aromatic N) is 1. The molecular formula is C10H8F5NO2. The smallest absolute Gasteiger partial charge is 0.417 e. The van der Waals surface area contributed by atoms with E-state index in [1.165, 1.54) is 6.92 Å². The van der Waals surface area contributed by atoms with Gasteiger partial charge in [-0.1, -0.05) is 0 Å². The number of rotatable bonds is 3. The highest BCUT2D eigenvalue weighted by molar-refractivity contribution is 5.91. The highest BCUT2D eigenvalue weighted by Crippen LogP contribution is 2.34. The van der Waals surface area contributed by atoms with Crippen LogP contribution in [0.4, 0.5) is 22.0 Å². The van der Waals surface area contributed by atoms with Gasteiger partial charge in [0, 0.05) is 6.20 Å². The Morgan fingerprint density at radius 3 is 2.50 bits per heavy atom. The lowest BCUT2D eigenvalue weighted by Gasteiger charge is -2.12. The Bertz CT molecular complexity index is 444. The standard InChI is InChI=1S/C10H8F5NO2/c1-2-18-9(17)5-4-16-7(8(11)12)3-6(5)10(13,14)15/h3-4,8H,2H2,1H3. The van der Waals surface area contributed by atoms with Crippen LogP contribution in [-0.4, -0.2) is 17.6 Å². The number of hydrogen-bond acceptors (Lipinski definition) is 3. The predicted octanol–water partition coefficient (Wildman–Crippen LogP) is 3.21. The highest BCUT2D eigenvalue weighted by Gasteiger charge is 2.37. The Hall–Kier alpha value is -1.73. The van der Waals surface area contributed by atoms with Crippen LogP contribution in [0.5, 0.6) is 0 Å². The summed E-state index contributed by atoms with van der Waals surface area (Å²) in [5.74, 6) is -1.25. The number of halogens is 5. The molecule has 0 amide bonds. The summed E-state index contributed by atoms with van der Waals surface area (Å²) in [6, 6.07) is 0.150. The van der Waals surface area contributed by atoms with Crippen molar-refractivity contribution >= 4 is 5.97 Å². The van der Waals surface area contributed by atoms with Gasteiger partial charge in [0.05, 0.1) is 17.7 Å². The molecule has 0 spiro atoms. The number of esters is 1. The van der Waals surface area contributed by atoms with Gasteiger partial charge in [-0.15, -0.1) is 0 Å². The molecule has 0 aliphatic rings. The summed E-state index contributed by atoms with van der Waals surface area (Å²) in [7, 11) is 0. The van der Waals surface area contributed by atoms with Gasteiger partial charge in [0.1, 0.15) is 5.69 Å². The first-order valence-corrected chi connectivity index (χ1v) is 4.79. The average Bonchev–Trinajstić information content (AvgIpc) is 2.27. The van der Waals surface area contributed by atoms with E-state index in [0.717, 1.165) is 0 Å². The third-order valence-electron chi connectivity index (χ3n) is 1.95. The minimum atomic E-state index is -4.94. The van der Waals surface area contributed by atoms with Crippen LogP contribution in [0, 0.1) is 0 Å². The molecule has 18 heavy (non-hydrogen) atoms. The molecule has 0 atom stereocenters. The van der Waals surface area contributed by atoms with Gasteiger partial charge in [-0.3, -0.25) is 4.98 Å². The van der Waals surface area contributed by atoms with E-state index in [2.05, 4.69) is 9.72 Å². The Labute approximate surface area is 98.6 Å². The number of pyridine rings is 1. The van der Waals surface area contributed by atoms with Crippen LogP contribution in [0.25, 0.3) is 0 Å². The van der Waals surface area contributed by atoms with Crippen molar-refractivity contribution in [2.75, 3.05) is 6.61 Å². The van der Waals surface area contributed by atoms with Gasteiger partial charge in [0.15, 0.2) is 0 Å². The molecule has 0 unspecified atom stereocenters. The number of ether oxygens (including phenoxy) is 1. The maximum absolute atomic E-state index is 12.6. The van der Waals surface area contributed by atoms with Crippen molar-refractivity contribution in [3.63, 3.8) is 0 Å². The topological polar surface area (TPSA) is 39.2 Å². The fraction of sp³-hybridized carbons (Fsp3) is 0.400. The quantitative estimate of drug-likeness (QED) is 0.624. The molecule has 3 nitrogen and oxygen atoms in total. The molecule has 0 bridgehead atoms. The molecule has 100 valence electrons. The van der Waals surface area contributed by atoms with Gasteiger partial charge in [-0.05, 0) is 13.0 Å². The van der Waals surface area contributed by atoms with Gasteiger partial charge in [0.2, 0.25) is 0 Å². The van der Waals surface area contributed by atoms with E-state index in [1.807, 2.05) is 0 Å². The summed E-state index contributed by atoms with van der Waals surface area (Å²) in [4.78, 5) is 14.3. The lowest BCUT2D eigenvalue weighted by molar-refractivity contribution is -0.138. The summed E-state index contributed by atoms with van der Waals surface area (Å²) in [5.41, 5.74) is -3.41. The van der Waals surface area contributed by atoms with Crippen molar-refractivity contribution < 1.29 is 31.5 Å². The third-order valence-corrected chi connectivity index (χ3v) is 1.95. The highest BCUT2D eigenvalue weighted by atomic mass is 19.4. The summed E-state index contributed by atoms with van der Waals surface area (Å²) >= 11 is 0. The van der Waals surface area contributed by atoms with Crippen molar-refractivity contribution in [1.29, 1.82) is 0 Å². The van der Waals surface area contributed by atoms with E-state index in [1.54, 1.807) is 0 Å². The van der Waals surface area contributed by atoms with E-state index in [0.29, 0.717) is 6.20 Å². The number of aromatic nitrogens is 1. The van der Waals surface area contributed by atoms with Crippen LogP contribution in [-0.2, 0) is 10.9 Å². The van der Waals surface area contributed by atoms with Crippen LogP contribution in [0.1, 0.15) is 35.0 Å². The number of carbonyl (C=O) groups is 1. The van der Waals surface area contributed by atoms with E-state index >= 15 is 0 Å². The molecule has 0 aromatic carbocycles. The maximum Gasteiger partial charge on any atom is 0.417 e. The molecule has 1 rings (SSSR count). The predicted molar refractivity (Wildman–Crippen MR) is 50.2 cm³/mol. The zero-order valence-corrected chi connectivity index (χ0v) is 9.09. The minimum Gasteiger partial charge on any atom is -0.462 e. The number of alkyl halides is 5. The van der Waals surface area contributed by atoms with Crippen LogP contribution in [0.2, 0.25) is 0 Å². The van der Waals surface area contributed by atoms with Crippen molar-refractivity contribution in [3.8, 4) is 0 Å². The second-order valence-electron chi connectivity index (χ2n) is 3.17. The summed E-state index contributed by atoms with van der Waals surface area (Å²) in [5, 5.41) is 0. The Morgan fingerprint density at radius 2 is 2.06 bits per heavy atom. The second-order valence-corrected chi connectivity index (χ2v) is 3.17. The first kappa shape index (κ1) is 14.3. The molecule has 0 N–H and O–H groups in total. The van der Waals surface area contributed by atoms with Gasteiger partial charge in [-0.25, -0.2) is 13.6 Å². The van der Waals surface area contributed by atoms with Crippen LogP contribution in [0.3, 0.4) is 0 Å². The van der Waals surface area contributed by atoms with Gasteiger partial charge < -0.3 is 4.74 Å². The lowest BCUT2D eigenvalue weighted by Crippen LogP contribution is -2.16. The molecule has 1 aromatic rings. The molecule has 1 aromatic heterocycles. The first-order valence-electron chi connectivity index (χ1n) is 4.79.